The largest absolute Gasteiger partial charge is 0.426 e. The van der Waals surface area contributed by atoms with Gasteiger partial charge in [0, 0.05) is 11.1 Å². The van der Waals surface area contributed by atoms with Gasteiger partial charge in [0.1, 0.15) is 5.75 Å². The summed E-state index contributed by atoms with van der Waals surface area (Å²) in [5.74, 6) is -0.318. The lowest BCUT2D eigenvalue weighted by Gasteiger charge is -2.14. The predicted molar refractivity (Wildman–Crippen MR) is 106 cm³/mol. The quantitative estimate of drug-likeness (QED) is 0.356. The molecule has 3 aromatic rings. The minimum Gasteiger partial charge on any atom is -0.426 e. The number of benzene rings is 3. The normalized spacial score (nSPS) is 11.7. The third-order valence-corrected chi connectivity index (χ3v) is 4.58. The fraction of sp³-hybridized carbons (Fsp3) is 0.167. The Bertz CT molecular complexity index is 974. The van der Waals surface area contributed by atoms with Gasteiger partial charge in [-0.15, -0.1) is 0 Å². The molecule has 0 amide bonds. The number of rotatable bonds is 5. The molecule has 0 saturated carbocycles. The Morgan fingerprint density at radius 1 is 0.815 bits per heavy atom. The zero-order valence-electron chi connectivity index (χ0n) is 15.7. The Balaban J connectivity index is 1.79. The van der Waals surface area contributed by atoms with Crippen molar-refractivity contribution in [1.82, 2.24) is 0 Å². The highest BCUT2D eigenvalue weighted by Gasteiger charge is 2.20. The molecule has 27 heavy (non-hydrogen) atoms. The van der Waals surface area contributed by atoms with Gasteiger partial charge < -0.3 is 4.74 Å². The van der Waals surface area contributed by atoms with E-state index < -0.39 is 5.92 Å². The first-order valence-electron chi connectivity index (χ1n) is 8.94. The van der Waals surface area contributed by atoms with E-state index in [1.54, 1.807) is 37.3 Å². The van der Waals surface area contributed by atoms with Crippen molar-refractivity contribution in [2.24, 2.45) is 0 Å². The molecule has 0 bridgehead atoms. The van der Waals surface area contributed by atoms with Gasteiger partial charge in [-0.3, -0.25) is 9.59 Å². The van der Waals surface area contributed by atoms with E-state index in [0.717, 1.165) is 16.7 Å². The van der Waals surface area contributed by atoms with Gasteiger partial charge in [-0.05, 0) is 44.0 Å². The molecule has 3 nitrogen and oxygen atoms in total. The van der Waals surface area contributed by atoms with Crippen molar-refractivity contribution < 1.29 is 14.3 Å². The van der Waals surface area contributed by atoms with E-state index in [1.165, 1.54) is 0 Å². The summed E-state index contributed by atoms with van der Waals surface area (Å²) in [6, 6.07) is 22.0. The number of hydrogen-bond acceptors (Lipinski definition) is 3. The second kappa shape index (κ2) is 8.00. The first-order chi connectivity index (χ1) is 13.0. The van der Waals surface area contributed by atoms with E-state index in [-0.39, 0.29) is 11.8 Å². The third kappa shape index (κ3) is 4.32. The number of esters is 1. The lowest BCUT2D eigenvalue weighted by atomic mass is 9.96. The van der Waals surface area contributed by atoms with Crippen molar-refractivity contribution in [3.63, 3.8) is 0 Å². The number of carbonyl (C=O) groups is 2. The summed E-state index contributed by atoms with van der Waals surface area (Å²) < 4.78 is 5.58. The highest BCUT2D eigenvalue weighted by Crippen LogP contribution is 2.24. The van der Waals surface area contributed by atoms with Gasteiger partial charge in [0.05, 0.1) is 5.92 Å². The number of hydrogen-bond donors (Lipinski definition) is 0. The van der Waals surface area contributed by atoms with Gasteiger partial charge >= 0.3 is 5.97 Å². The highest BCUT2D eigenvalue weighted by atomic mass is 16.5. The van der Waals surface area contributed by atoms with Crippen molar-refractivity contribution in [3.05, 3.63) is 101 Å². The van der Waals surface area contributed by atoms with Crippen molar-refractivity contribution in [1.29, 1.82) is 0 Å². The predicted octanol–water partition coefficient (Wildman–Crippen LogP) is 5.24. The molecular weight excluding hydrogens is 336 g/mol. The molecule has 0 aliphatic heterocycles. The van der Waals surface area contributed by atoms with E-state index in [2.05, 4.69) is 0 Å². The molecule has 0 heterocycles. The number of aryl methyl sites for hydroxylation is 2. The average Bonchev–Trinajstić information content (AvgIpc) is 2.69. The van der Waals surface area contributed by atoms with Gasteiger partial charge in [-0.1, -0.05) is 66.2 Å². The molecule has 136 valence electrons. The van der Waals surface area contributed by atoms with Crippen LogP contribution in [-0.4, -0.2) is 11.8 Å². The molecule has 3 rings (SSSR count). The Morgan fingerprint density at radius 2 is 1.52 bits per heavy atom. The van der Waals surface area contributed by atoms with Crippen LogP contribution in [-0.2, 0) is 4.79 Å². The van der Waals surface area contributed by atoms with Gasteiger partial charge in [-0.25, -0.2) is 0 Å². The maximum absolute atomic E-state index is 12.6. The summed E-state index contributed by atoms with van der Waals surface area (Å²) in [5, 5.41) is 0. The monoisotopic (exact) mass is 358 g/mol. The van der Waals surface area contributed by atoms with Crippen LogP contribution in [0.4, 0.5) is 0 Å². The smallest absolute Gasteiger partial charge is 0.318 e. The van der Waals surface area contributed by atoms with E-state index in [0.29, 0.717) is 16.9 Å². The lowest BCUT2D eigenvalue weighted by Crippen LogP contribution is -2.17. The summed E-state index contributed by atoms with van der Waals surface area (Å²) in [6.07, 6.45) is 0. The van der Waals surface area contributed by atoms with Crippen molar-refractivity contribution in [3.8, 4) is 5.75 Å². The molecule has 3 heteroatoms. The van der Waals surface area contributed by atoms with Crippen molar-refractivity contribution in [2.45, 2.75) is 26.7 Å². The molecule has 0 saturated heterocycles. The van der Waals surface area contributed by atoms with Crippen LogP contribution in [0, 0.1) is 13.8 Å². The van der Waals surface area contributed by atoms with Gasteiger partial charge in [0.25, 0.3) is 0 Å². The van der Waals surface area contributed by atoms with Crippen LogP contribution in [0.2, 0.25) is 0 Å². The number of carbonyl (C=O) groups excluding carboxylic acids is 2. The average molecular weight is 358 g/mol. The molecule has 3 aromatic carbocycles. The van der Waals surface area contributed by atoms with Gasteiger partial charge in [0.15, 0.2) is 5.78 Å². The molecule has 0 spiro atoms. The van der Waals surface area contributed by atoms with Crippen LogP contribution in [0.3, 0.4) is 0 Å². The second-order valence-corrected chi connectivity index (χ2v) is 6.73. The third-order valence-electron chi connectivity index (χ3n) is 4.58. The topological polar surface area (TPSA) is 43.4 Å². The zero-order chi connectivity index (χ0) is 19.4. The van der Waals surface area contributed by atoms with Crippen LogP contribution in [0.5, 0.6) is 5.75 Å². The van der Waals surface area contributed by atoms with Crippen LogP contribution >= 0.6 is 0 Å². The Hall–Kier alpha value is -3.20. The van der Waals surface area contributed by atoms with Crippen LogP contribution in [0.25, 0.3) is 0 Å². The van der Waals surface area contributed by atoms with Crippen LogP contribution in [0.15, 0.2) is 72.8 Å². The fourth-order valence-electron chi connectivity index (χ4n) is 2.95. The van der Waals surface area contributed by atoms with E-state index in [4.69, 9.17) is 4.74 Å². The van der Waals surface area contributed by atoms with Crippen LogP contribution in [0.1, 0.15) is 45.5 Å². The van der Waals surface area contributed by atoms with Crippen molar-refractivity contribution in [2.75, 3.05) is 0 Å². The minimum absolute atomic E-state index is 0.0626. The maximum Gasteiger partial charge on any atom is 0.318 e. The molecule has 1 atom stereocenters. The standard InChI is InChI=1S/C24H22O3/c1-16-12-13-22(17(2)14-16)27-24(26)18(3)20-10-7-11-21(15-20)23(25)19-8-5-4-6-9-19/h4-15,18H,1-3H3. The Labute approximate surface area is 159 Å². The lowest BCUT2D eigenvalue weighted by molar-refractivity contribution is -0.135. The molecule has 0 aliphatic rings. The first-order valence-corrected chi connectivity index (χ1v) is 8.94. The van der Waals surface area contributed by atoms with E-state index >= 15 is 0 Å². The molecule has 0 radical (unpaired) electrons. The summed E-state index contributed by atoms with van der Waals surface area (Å²) in [5.41, 5.74) is 3.98. The SMILES string of the molecule is Cc1ccc(OC(=O)C(C)c2cccc(C(=O)c3ccccc3)c2)c(C)c1. The highest BCUT2D eigenvalue weighted by molar-refractivity contribution is 6.09. The molecule has 0 N–H and O–H groups in total. The summed E-state index contributed by atoms with van der Waals surface area (Å²) >= 11 is 0. The molecule has 1 unspecified atom stereocenters. The van der Waals surface area contributed by atoms with Gasteiger partial charge in [0.2, 0.25) is 0 Å². The number of ether oxygens (including phenoxy) is 1. The first kappa shape index (κ1) is 18.6. The summed E-state index contributed by atoms with van der Waals surface area (Å²) in [7, 11) is 0. The number of ketones is 1. The Morgan fingerprint density at radius 3 is 2.22 bits per heavy atom. The summed E-state index contributed by atoms with van der Waals surface area (Å²) in [4.78, 5) is 25.2. The fourth-order valence-corrected chi connectivity index (χ4v) is 2.95. The molecular formula is C24H22O3. The van der Waals surface area contributed by atoms with E-state index in [9.17, 15) is 9.59 Å². The van der Waals surface area contributed by atoms with E-state index in [1.807, 2.05) is 56.3 Å². The Kier molecular flexibility index (Phi) is 5.51. The molecule has 0 aliphatic carbocycles. The van der Waals surface area contributed by atoms with Crippen LogP contribution < -0.4 is 4.74 Å². The minimum atomic E-state index is -0.478. The maximum atomic E-state index is 12.6. The van der Waals surface area contributed by atoms with Gasteiger partial charge in [-0.2, -0.15) is 0 Å². The molecule has 0 fully saturated rings. The zero-order valence-corrected chi connectivity index (χ0v) is 15.7. The summed E-state index contributed by atoms with van der Waals surface area (Å²) in [6.45, 7) is 5.70. The molecule has 0 aromatic heterocycles. The second-order valence-electron chi connectivity index (χ2n) is 6.73. The van der Waals surface area contributed by atoms with Crippen molar-refractivity contribution >= 4 is 11.8 Å².